The molecule has 0 saturated carbocycles. The molecule has 0 spiro atoms. The van der Waals surface area contributed by atoms with Gasteiger partial charge in [0, 0.05) is 13.3 Å². The zero-order valence-corrected chi connectivity index (χ0v) is 14.4. The van der Waals surface area contributed by atoms with Crippen molar-refractivity contribution in [2.24, 2.45) is 0 Å². The lowest BCUT2D eigenvalue weighted by Gasteiger charge is -2.20. The molecular formula is C9H18I3N. The molecule has 0 saturated heterocycles. The minimum Gasteiger partial charge on any atom is -0.303 e. The van der Waals surface area contributed by atoms with Crippen molar-refractivity contribution in [2.45, 2.75) is 19.3 Å². The molecule has 0 aliphatic rings. The predicted octanol–water partition coefficient (Wildman–Crippen LogP) is 3.76. The van der Waals surface area contributed by atoms with E-state index in [2.05, 4.69) is 72.7 Å². The van der Waals surface area contributed by atoms with Crippen LogP contribution in [0.3, 0.4) is 0 Å². The molecule has 0 aliphatic heterocycles. The molecule has 0 N–H and O–H groups in total. The van der Waals surface area contributed by atoms with Crippen LogP contribution in [0.15, 0.2) is 0 Å². The van der Waals surface area contributed by atoms with Crippen LogP contribution >= 0.6 is 67.8 Å². The quantitative estimate of drug-likeness (QED) is 0.330. The van der Waals surface area contributed by atoms with Crippen molar-refractivity contribution in [1.29, 1.82) is 0 Å². The van der Waals surface area contributed by atoms with Crippen LogP contribution in [0.1, 0.15) is 19.3 Å². The minimum atomic E-state index is 1.29. The number of hydrogen-bond donors (Lipinski definition) is 0. The Bertz CT molecular complexity index is 81.8. The Kier molecular flexibility index (Phi) is 14.2. The number of alkyl halides is 3. The van der Waals surface area contributed by atoms with Crippen molar-refractivity contribution in [1.82, 2.24) is 4.90 Å². The summed E-state index contributed by atoms with van der Waals surface area (Å²) in [4.78, 5) is 2.62. The van der Waals surface area contributed by atoms with Crippen molar-refractivity contribution < 1.29 is 0 Å². The van der Waals surface area contributed by atoms with Crippen LogP contribution in [0.25, 0.3) is 0 Å². The second kappa shape index (κ2) is 12.2. The van der Waals surface area contributed by atoms with Gasteiger partial charge >= 0.3 is 0 Å². The summed E-state index contributed by atoms with van der Waals surface area (Å²) in [5, 5.41) is 0. The molecule has 0 unspecified atom stereocenters. The monoisotopic (exact) mass is 521 g/mol. The van der Waals surface area contributed by atoms with E-state index in [0.717, 1.165) is 0 Å². The van der Waals surface area contributed by atoms with Crippen LogP contribution in [0.2, 0.25) is 0 Å². The summed E-state index contributed by atoms with van der Waals surface area (Å²) in [5.74, 6) is 0. The lowest BCUT2D eigenvalue weighted by molar-refractivity contribution is 0.279. The summed E-state index contributed by atoms with van der Waals surface area (Å²) in [6, 6.07) is 0. The lowest BCUT2D eigenvalue weighted by Crippen LogP contribution is -2.28. The van der Waals surface area contributed by atoms with E-state index in [1.165, 1.54) is 52.2 Å². The third kappa shape index (κ3) is 10.4. The molecule has 80 valence electrons. The Morgan fingerprint density at radius 3 is 1.15 bits per heavy atom. The van der Waals surface area contributed by atoms with Gasteiger partial charge in [0.25, 0.3) is 0 Å². The average Bonchev–Trinajstić information content (AvgIpc) is 2.17. The van der Waals surface area contributed by atoms with Crippen LogP contribution in [-0.4, -0.2) is 37.8 Å². The summed E-state index contributed by atoms with van der Waals surface area (Å²) in [5.41, 5.74) is 0. The predicted molar refractivity (Wildman–Crippen MR) is 87.0 cm³/mol. The highest BCUT2D eigenvalue weighted by Crippen LogP contribution is 2.01. The molecule has 0 aromatic rings. The van der Waals surface area contributed by atoms with Crippen LogP contribution in [0, 0.1) is 0 Å². The van der Waals surface area contributed by atoms with E-state index in [4.69, 9.17) is 0 Å². The molecule has 0 bridgehead atoms. The van der Waals surface area contributed by atoms with Gasteiger partial charge in [-0.15, -0.1) is 0 Å². The zero-order valence-electron chi connectivity index (χ0n) is 7.95. The highest BCUT2D eigenvalue weighted by molar-refractivity contribution is 14.1. The first-order valence-electron chi connectivity index (χ1n) is 4.75. The molecular weight excluding hydrogens is 503 g/mol. The topological polar surface area (TPSA) is 3.24 Å². The van der Waals surface area contributed by atoms with Crippen LogP contribution in [0.5, 0.6) is 0 Å². The molecule has 0 rings (SSSR count). The summed E-state index contributed by atoms with van der Waals surface area (Å²) < 4.78 is 3.88. The summed E-state index contributed by atoms with van der Waals surface area (Å²) in [6.07, 6.45) is 4.05. The third-order valence-corrected chi connectivity index (χ3v) is 4.11. The molecule has 0 aliphatic carbocycles. The number of rotatable bonds is 9. The van der Waals surface area contributed by atoms with Gasteiger partial charge in [0.1, 0.15) is 0 Å². The largest absolute Gasteiger partial charge is 0.303 e. The normalized spacial score (nSPS) is 11.1. The molecule has 13 heavy (non-hydrogen) atoms. The van der Waals surface area contributed by atoms with E-state index < -0.39 is 0 Å². The maximum atomic E-state index is 2.62. The maximum absolute atomic E-state index is 2.62. The standard InChI is InChI=1S/C9H18I3N/c10-4-1-7-13(8-2-5-11)9-3-6-12/h1-9H2. The SMILES string of the molecule is ICCCN(CCCI)CCCI. The fraction of sp³-hybridized carbons (Fsp3) is 1.00. The molecule has 0 atom stereocenters. The van der Waals surface area contributed by atoms with Gasteiger partial charge in [0.15, 0.2) is 0 Å². The third-order valence-electron chi connectivity index (χ3n) is 1.82. The summed E-state index contributed by atoms with van der Waals surface area (Å²) in [6.45, 7) is 3.91. The Morgan fingerprint density at radius 1 is 0.615 bits per heavy atom. The van der Waals surface area contributed by atoms with Gasteiger partial charge in [-0.05, 0) is 38.9 Å². The maximum Gasteiger partial charge on any atom is 0.000744 e. The van der Waals surface area contributed by atoms with Crippen LogP contribution in [-0.2, 0) is 0 Å². The average molecular weight is 521 g/mol. The van der Waals surface area contributed by atoms with Crippen molar-refractivity contribution in [3.63, 3.8) is 0 Å². The number of halogens is 3. The summed E-state index contributed by atoms with van der Waals surface area (Å²) >= 11 is 7.40. The smallest absolute Gasteiger partial charge is 0.000744 e. The van der Waals surface area contributed by atoms with E-state index in [1.807, 2.05) is 0 Å². The Morgan fingerprint density at radius 2 is 0.923 bits per heavy atom. The molecule has 0 aromatic carbocycles. The van der Waals surface area contributed by atoms with Crippen LogP contribution in [0.4, 0.5) is 0 Å². The van der Waals surface area contributed by atoms with E-state index in [9.17, 15) is 0 Å². The highest BCUT2D eigenvalue weighted by atomic mass is 127. The summed E-state index contributed by atoms with van der Waals surface area (Å²) in [7, 11) is 0. The fourth-order valence-corrected chi connectivity index (χ4v) is 2.21. The van der Waals surface area contributed by atoms with Gasteiger partial charge in [-0.1, -0.05) is 67.8 Å². The van der Waals surface area contributed by atoms with Crippen molar-refractivity contribution in [3.8, 4) is 0 Å². The Balaban J connectivity index is 3.47. The van der Waals surface area contributed by atoms with E-state index in [0.29, 0.717) is 0 Å². The van der Waals surface area contributed by atoms with Gasteiger partial charge in [-0.25, -0.2) is 0 Å². The van der Waals surface area contributed by atoms with Gasteiger partial charge in [-0.3, -0.25) is 0 Å². The van der Waals surface area contributed by atoms with Crippen molar-refractivity contribution >= 4 is 67.8 Å². The number of hydrogen-bond acceptors (Lipinski definition) is 1. The first-order valence-corrected chi connectivity index (χ1v) is 9.33. The molecule has 0 fully saturated rings. The molecule has 0 amide bonds. The molecule has 0 radical (unpaired) electrons. The van der Waals surface area contributed by atoms with Gasteiger partial charge in [0.05, 0.1) is 0 Å². The minimum absolute atomic E-state index is 1.29. The number of nitrogens with zero attached hydrogens (tertiary/aromatic N) is 1. The van der Waals surface area contributed by atoms with Crippen molar-refractivity contribution in [2.75, 3.05) is 32.9 Å². The zero-order chi connectivity index (χ0) is 9.94. The van der Waals surface area contributed by atoms with E-state index in [-0.39, 0.29) is 0 Å². The molecule has 1 nitrogen and oxygen atoms in total. The highest BCUT2D eigenvalue weighted by Gasteiger charge is 2.02. The second-order valence-corrected chi connectivity index (χ2v) is 6.21. The van der Waals surface area contributed by atoms with Gasteiger partial charge in [0.2, 0.25) is 0 Å². The lowest BCUT2D eigenvalue weighted by atomic mass is 10.3. The van der Waals surface area contributed by atoms with E-state index >= 15 is 0 Å². The Hall–Kier alpha value is 2.15. The fourth-order valence-electron chi connectivity index (χ4n) is 1.19. The first-order chi connectivity index (χ1) is 6.35. The first kappa shape index (κ1) is 15.2. The molecule has 0 heterocycles. The van der Waals surface area contributed by atoms with Crippen LogP contribution < -0.4 is 0 Å². The van der Waals surface area contributed by atoms with Gasteiger partial charge < -0.3 is 4.90 Å². The molecule has 4 heteroatoms. The van der Waals surface area contributed by atoms with E-state index in [1.54, 1.807) is 0 Å². The second-order valence-electron chi connectivity index (χ2n) is 2.97. The van der Waals surface area contributed by atoms with Gasteiger partial charge in [-0.2, -0.15) is 0 Å². The molecule has 0 aromatic heterocycles. The van der Waals surface area contributed by atoms with Crippen molar-refractivity contribution in [3.05, 3.63) is 0 Å². The Labute approximate surface area is 123 Å².